The molecule has 23 heavy (non-hydrogen) atoms. The molecule has 3 nitrogen and oxygen atoms in total. The van der Waals surface area contributed by atoms with Crippen molar-refractivity contribution in [2.24, 2.45) is 0 Å². The van der Waals surface area contributed by atoms with E-state index in [1.807, 2.05) is 73.7 Å². The summed E-state index contributed by atoms with van der Waals surface area (Å²) in [4.78, 5) is 18.8. The molecule has 1 amide bonds. The van der Waals surface area contributed by atoms with Gasteiger partial charge in [0.1, 0.15) is 5.69 Å². The summed E-state index contributed by atoms with van der Waals surface area (Å²) in [7, 11) is 0. The molecular formula is C19H16N2OS. The summed E-state index contributed by atoms with van der Waals surface area (Å²) in [6, 6.07) is 23.3. The predicted octanol–water partition coefficient (Wildman–Crippen LogP) is 4.79. The number of carbonyl (C=O) groups is 1. The molecular weight excluding hydrogens is 304 g/mol. The summed E-state index contributed by atoms with van der Waals surface area (Å²) in [6.45, 7) is 1.87. The lowest BCUT2D eigenvalue weighted by atomic mass is 10.2. The van der Waals surface area contributed by atoms with Crippen molar-refractivity contribution in [2.45, 2.75) is 16.7 Å². The van der Waals surface area contributed by atoms with Gasteiger partial charge in [0.15, 0.2) is 0 Å². The SMILES string of the molecule is Cc1cccc(C(=O)Nc2ccccc2Sc2ccccc2)n1. The molecule has 4 heteroatoms. The molecule has 0 aliphatic heterocycles. The number of aryl methyl sites for hydroxylation is 1. The lowest BCUT2D eigenvalue weighted by Crippen LogP contribution is -2.14. The standard InChI is InChI=1S/C19H16N2OS/c1-14-8-7-12-17(20-14)19(22)21-16-11-5-6-13-18(16)23-15-9-3-2-4-10-15/h2-13H,1H3,(H,21,22). The minimum Gasteiger partial charge on any atom is -0.320 e. The number of carbonyl (C=O) groups excluding carboxylic acids is 1. The van der Waals surface area contributed by atoms with Crippen molar-refractivity contribution in [1.29, 1.82) is 0 Å². The van der Waals surface area contributed by atoms with Crippen molar-refractivity contribution >= 4 is 23.4 Å². The van der Waals surface area contributed by atoms with E-state index in [0.717, 1.165) is 21.2 Å². The van der Waals surface area contributed by atoms with Gasteiger partial charge >= 0.3 is 0 Å². The molecule has 0 bridgehead atoms. The molecule has 2 aromatic carbocycles. The molecule has 0 saturated heterocycles. The second kappa shape index (κ2) is 7.11. The average molecular weight is 320 g/mol. The van der Waals surface area contributed by atoms with Gasteiger partial charge in [-0.3, -0.25) is 4.79 Å². The van der Waals surface area contributed by atoms with Gasteiger partial charge in [-0.15, -0.1) is 0 Å². The van der Waals surface area contributed by atoms with Crippen molar-refractivity contribution in [3.63, 3.8) is 0 Å². The fourth-order valence-corrected chi connectivity index (χ4v) is 3.05. The van der Waals surface area contributed by atoms with Crippen molar-refractivity contribution in [2.75, 3.05) is 5.32 Å². The van der Waals surface area contributed by atoms with E-state index in [4.69, 9.17) is 0 Å². The van der Waals surface area contributed by atoms with Gasteiger partial charge in [0.25, 0.3) is 5.91 Å². The van der Waals surface area contributed by atoms with Crippen molar-refractivity contribution < 1.29 is 4.79 Å². The summed E-state index contributed by atoms with van der Waals surface area (Å²) in [5.41, 5.74) is 2.03. The number of benzene rings is 2. The summed E-state index contributed by atoms with van der Waals surface area (Å²) in [6.07, 6.45) is 0. The minimum atomic E-state index is -0.199. The van der Waals surface area contributed by atoms with E-state index < -0.39 is 0 Å². The fourth-order valence-electron chi connectivity index (χ4n) is 2.13. The van der Waals surface area contributed by atoms with Gasteiger partial charge < -0.3 is 5.32 Å². The van der Waals surface area contributed by atoms with E-state index in [-0.39, 0.29) is 5.91 Å². The summed E-state index contributed by atoms with van der Waals surface area (Å²) in [5, 5.41) is 2.95. The maximum atomic E-state index is 12.4. The van der Waals surface area contributed by atoms with Crippen LogP contribution in [-0.4, -0.2) is 10.9 Å². The van der Waals surface area contributed by atoms with Crippen molar-refractivity contribution in [1.82, 2.24) is 4.98 Å². The van der Waals surface area contributed by atoms with Crippen LogP contribution in [-0.2, 0) is 0 Å². The molecule has 114 valence electrons. The van der Waals surface area contributed by atoms with Crippen LogP contribution in [0.25, 0.3) is 0 Å². The zero-order chi connectivity index (χ0) is 16.1. The van der Waals surface area contributed by atoms with Crippen LogP contribution in [0.5, 0.6) is 0 Å². The second-order valence-electron chi connectivity index (χ2n) is 5.03. The van der Waals surface area contributed by atoms with Crippen LogP contribution in [0.4, 0.5) is 5.69 Å². The highest BCUT2D eigenvalue weighted by atomic mass is 32.2. The molecule has 1 N–H and O–H groups in total. The predicted molar refractivity (Wildman–Crippen MR) is 93.9 cm³/mol. The molecule has 3 aromatic rings. The first-order valence-electron chi connectivity index (χ1n) is 7.29. The molecule has 0 saturated carbocycles. The normalized spacial score (nSPS) is 10.3. The number of anilines is 1. The minimum absolute atomic E-state index is 0.199. The van der Waals surface area contributed by atoms with Crippen LogP contribution >= 0.6 is 11.8 Å². The quantitative estimate of drug-likeness (QED) is 0.751. The molecule has 3 rings (SSSR count). The van der Waals surface area contributed by atoms with Crippen LogP contribution in [0.3, 0.4) is 0 Å². The number of rotatable bonds is 4. The Bertz CT molecular complexity index is 818. The average Bonchev–Trinajstić information content (AvgIpc) is 2.57. The van der Waals surface area contributed by atoms with Gasteiger partial charge in [-0.05, 0) is 43.3 Å². The van der Waals surface area contributed by atoms with Gasteiger partial charge in [-0.1, -0.05) is 48.2 Å². The number of pyridine rings is 1. The molecule has 0 aliphatic carbocycles. The van der Waals surface area contributed by atoms with E-state index in [1.165, 1.54) is 0 Å². The third-order valence-corrected chi connectivity index (χ3v) is 4.31. The van der Waals surface area contributed by atoms with Gasteiger partial charge in [-0.2, -0.15) is 0 Å². The first kappa shape index (κ1) is 15.3. The lowest BCUT2D eigenvalue weighted by Gasteiger charge is -2.10. The van der Waals surface area contributed by atoms with Gasteiger partial charge in [0, 0.05) is 15.5 Å². The zero-order valence-electron chi connectivity index (χ0n) is 12.7. The Kier molecular flexibility index (Phi) is 4.74. The van der Waals surface area contributed by atoms with E-state index in [9.17, 15) is 4.79 Å². The topological polar surface area (TPSA) is 42.0 Å². The number of hydrogen-bond acceptors (Lipinski definition) is 3. The largest absolute Gasteiger partial charge is 0.320 e. The first-order valence-corrected chi connectivity index (χ1v) is 8.11. The van der Waals surface area contributed by atoms with Gasteiger partial charge in [-0.25, -0.2) is 4.98 Å². The molecule has 0 unspecified atom stereocenters. The number of para-hydroxylation sites is 1. The van der Waals surface area contributed by atoms with Crippen LogP contribution in [0.1, 0.15) is 16.2 Å². The molecule has 0 atom stereocenters. The van der Waals surface area contributed by atoms with E-state index >= 15 is 0 Å². The van der Waals surface area contributed by atoms with Crippen molar-refractivity contribution in [3.8, 4) is 0 Å². The number of amides is 1. The van der Waals surface area contributed by atoms with Crippen molar-refractivity contribution in [3.05, 3.63) is 84.2 Å². The highest BCUT2D eigenvalue weighted by molar-refractivity contribution is 7.99. The van der Waals surface area contributed by atoms with Gasteiger partial charge in [0.2, 0.25) is 0 Å². The van der Waals surface area contributed by atoms with E-state index in [2.05, 4.69) is 10.3 Å². The molecule has 0 spiro atoms. The zero-order valence-corrected chi connectivity index (χ0v) is 13.5. The molecule has 0 radical (unpaired) electrons. The monoisotopic (exact) mass is 320 g/mol. The number of hydrogen-bond donors (Lipinski definition) is 1. The van der Waals surface area contributed by atoms with Crippen LogP contribution in [0, 0.1) is 6.92 Å². The lowest BCUT2D eigenvalue weighted by molar-refractivity contribution is 0.102. The fraction of sp³-hybridized carbons (Fsp3) is 0.0526. The molecule has 1 aromatic heterocycles. The molecule has 0 aliphatic rings. The maximum Gasteiger partial charge on any atom is 0.274 e. The number of nitrogens with one attached hydrogen (secondary N) is 1. The Balaban J connectivity index is 1.82. The van der Waals surface area contributed by atoms with Crippen LogP contribution in [0.15, 0.2) is 82.6 Å². The van der Waals surface area contributed by atoms with Crippen LogP contribution in [0.2, 0.25) is 0 Å². The third kappa shape index (κ3) is 3.99. The number of nitrogens with zero attached hydrogens (tertiary/aromatic N) is 1. The maximum absolute atomic E-state index is 12.4. The van der Waals surface area contributed by atoms with Crippen LogP contribution < -0.4 is 5.32 Å². The van der Waals surface area contributed by atoms with E-state index in [0.29, 0.717) is 5.69 Å². The third-order valence-electron chi connectivity index (χ3n) is 3.23. The Morgan fingerprint density at radius 3 is 2.43 bits per heavy atom. The second-order valence-corrected chi connectivity index (χ2v) is 6.14. The Hall–Kier alpha value is -2.59. The van der Waals surface area contributed by atoms with E-state index in [1.54, 1.807) is 17.8 Å². The smallest absolute Gasteiger partial charge is 0.274 e. The Morgan fingerprint density at radius 2 is 1.65 bits per heavy atom. The summed E-state index contributed by atoms with van der Waals surface area (Å²) < 4.78 is 0. The summed E-state index contributed by atoms with van der Waals surface area (Å²) >= 11 is 1.62. The Labute approximate surface area is 139 Å². The Morgan fingerprint density at radius 1 is 0.913 bits per heavy atom. The molecule has 0 fully saturated rings. The highest BCUT2D eigenvalue weighted by Gasteiger charge is 2.11. The summed E-state index contributed by atoms with van der Waals surface area (Å²) in [5.74, 6) is -0.199. The molecule has 1 heterocycles. The van der Waals surface area contributed by atoms with Gasteiger partial charge in [0.05, 0.1) is 5.69 Å². The number of aromatic nitrogens is 1. The first-order chi connectivity index (χ1) is 11.2. The highest BCUT2D eigenvalue weighted by Crippen LogP contribution is 2.33.